The molecule has 1 fully saturated rings. The number of nitrogens with one attached hydrogen (secondary N) is 2. The number of nitrogens with zero attached hydrogens (tertiary/aromatic N) is 3. The molecule has 6 nitrogen and oxygen atoms in total. The second-order valence-corrected chi connectivity index (χ2v) is 4.33. The minimum atomic E-state index is 0.138. The van der Waals surface area contributed by atoms with Crippen molar-refractivity contribution in [3.8, 4) is 0 Å². The fourth-order valence-electron chi connectivity index (χ4n) is 2.01. The summed E-state index contributed by atoms with van der Waals surface area (Å²) in [5, 5.41) is 5.97. The molecule has 18 heavy (non-hydrogen) atoms. The standard InChI is InChI=1S/C12H19N5O/c1-13-10-7-11(16-9-15-10)14-8-12(18)17-5-3-2-4-6-17/h7,9H,2-6,8H2,1H3,(H2,13,14,15,16). The summed E-state index contributed by atoms with van der Waals surface area (Å²) in [7, 11) is 1.80. The smallest absolute Gasteiger partial charge is 0.241 e. The Morgan fingerprint density at radius 2 is 2.00 bits per heavy atom. The number of anilines is 2. The zero-order valence-corrected chi connectivity index (χ0v) is 10.6. The lowest BCUT2D eigenvalue weighted by Gasteiger charge is -2.26. The number of hydrogen-bond donors (Lipinski definition) is 2. The zero-order valence-electron chi connectivity index (χ0n) is 10.6. The van der Waals surface area contributed by atoms with E-state index in [2.05, 4.69) is 20.6 Å². The molecule has 1 aliphatic heterocycles. The van der Waals surface area contributed by atoms with E-state index in [0.717, 1.165) is 31.7 Å². The van der Waals surface area contributed by atoms with E-state index in [1.165, 1.54) is 12.7 Å². The molecular weight excluding hydrogens is 230 g/mol. The van der Waals surface area contributed by atoms with Gasteiger partial charge in [-0.05, 0) is 19.3 Å². The Balaban J connectivity index is 1.84. The molecule has 0 saturated carbocycles. The first-order valence-electron chi connectivity index (χ1n) is 6.31. The van der Waals surface area contributed by atoms with Gasteiger partial charge in [0.15, 0.2) is 0 Å². The van der Waals surface area contributed by atoms with Gasteiger partial charge >= 0.3 is 0 Å². The number of carbonyl (C=O) groups excluding carboxylic acids is 1. The van der Waals surface area contributed by atoms with Crippen LogP contribution in [0.5, 0.6) is 0 Å². The number of rotatable bonds is 4. The monoisotopic (exact) mass is 249 g/mol. The predicted molar refractivity (Wildman–Crippen MR) is 70.5 cm³/mol. The Morgan fingerprint density at radius 1 is 1.28 bits per heavy atom. The van der Waals surface area contributed by atoms with Crippen molar-refractivity contribution in [2.24, 2.45) is 0 Å². The molecule has 2 heterocycles. The topological polar surface area (TPSA) is 70.2 Å². The van der Waals surface area contributed by atoms with Crippen molar-refractivity contribution in [1.82, 2.24) is 14.9 Å². The summed E-state index contributed by atoms with van der Waals surface area (Å²) in [5.41, 5.74) is 0. The molecule has 1 aliphatic rings. The highest BCUT2D eigenvalue weighted by Crippen LogP contribution is 2.10. The lowest BCUT2D eigenvalue weighted by molar-refractivity contribution is -0.130. The van der Waals surface area contributed by atoms with Crippen molar-refractivity contribution in [1.29, 1.82) is 0 Å². The van der Waals surface area contributed by atoms with E-state index < -0.39 is 0 Å². The van der Waals surface area contributed by atoms with Crippen molar-refractivity contribution < 1.29 is 4.79 Å². The van der Waals surface area contributed by atoms with Gasteiger partial charge < -0.3 is 15.5 Å². The number of piperidine rings is 1. The van der Waals surface area contributed by atoms with E-state index in [9.17, 15) is 4.79 Å². The van der Waals surface area contributed by atoms with Crippen molar-refractivity contribution in [2.45, 2.75) is 19.3 Å². The van der Waals surface area contributed by atoms with Gasteiger partial charge in [0.25, 0.3) is 0 Å². The zero-order chi connectivity index (χ0) is 12.8. The Hall–Kier alpha value is -1.85. The van der Waals surface area contributed by atoms with Gasteiger partial charge in [-0.15, -0.1) is 0 Å². The highest BCUT2D eigenvalue weighted by atomic mass is 16.2. The van der Waals surface area contributed by atoms with Crippen LogP contribution in [0.3, 0.4) is 0 Å². The summed E-state index contributed by atoms with van der Waals surface area (Å²) in [5.74, 6) is 1.54. The number of carbonyl (C=O) groups is 1. The van der Waals surface area contributed by atoms with Crippen LogP contribution >= 0.6 is 0 Å². The van der Waals surface area contributed by atoms with Crippen molar-refractivity contribution in [3.63, 3.8) is 0 Å². The van der Waals surface area contributed by atoms with E-state index in [4.69, 9.17) is 0 Å². The first-order chi connectivity index (χ1) is 8.79. The molecule has 1 aromatic heterocycles. The van der Waals surface area contributed by atoms with E-state index >= 15 is 0 Å². The van der Waals surface area contributed by atoms with Crippen molar-refractivity contribution in [3.05, 3.63) is 12.4 Å². The van der Waals surface area contributed by atoms with E-state index in [-0.39, 0.29) is 5.91 Å². The first kappa shape index (κ1) is 12.6. The van der Waals surface area contributed by atoms with Gasteiger partial charge in [-0.25, -0.2) is 9.97 Å². The van der Waals surface area contributed by atoms with Crippen molar-refractivity contribution >= 4 is 17.5 Å². The van der Waals surface area contributed by atoms with E-state index in [1.807, 2.05) is 4.90 Å². The number of hydrogen-bond acceptors (Lipinski definition) is 5. The molecule has 1 amide bonds. The van der Waals surface area contributed by atoms with Crippen LogP contribution in [0.15, 0.2) is 12.4 Å². The molecule has 6 heteroatoms. The fraction of sp³-hybridized carbons (Fsp3) is 0.583. The van der Waals surface area contributed by atoms with Crippen molar-refractivity contribution in [2.75, 3.05) is 37.3 Å². The third kappa shape index (κ3) is 3.32. The molecule has 0 spiro atoms. The summed E-state index contributed by atoms with van der Waals surface area (Å²) < 4.78 is 0. The highest BCUT2D eigenvalue weighted by molar-refractivity contribution is 5.80. The average Bonchev–Trinajstić information content (AvgIpc) is 2.46. The van der Waals surface area contributed by atoms with Crippen LogP contribution in [-0.2, 0) is 4.79 Å². The second kappa shape index (κ2) is 6.18. The molecule has 0 bridgehead atoms. The molecule has 2 N–H and O–H groups in total. The van der Waals surface area contributed by atoms with Gasteiger partial charge in [0, 0.05) is 26.2 Å². The van der Waals surface area contributed by atoms with Crippen LogP contribution in [0.1, 0.15) is 19.3 Å². The molecule has 0 aliphatic carbocycles. The molecule has 1 aromatic rings. The quantitative estimate of drug-likeness (QED) is 0.831. The Labute approximate surface area is 107 Å². The summed E-state index contributed by atoms with van der Waals surface area (Å²) >= 11 is 0. The lowest BCUT2D eigenvalue weighted by Crippen LogP contribution is -2.39. The molecule has 2 rings (SSSR count). The normalized spacial score (nSPS) is 15.3. The Morgan fingerprint density at radius 3 is 2.72 bits per heavy atom. The largest absolute Gasteiger partial charge is 0.373 e. The van der Waals surface area contributed by atoms with Gasteiger partial charge in [-0.2, -0.15) is 0 Å². The number of amides is 1. The number of likely N-dealkylation sites (tertiary alicyclic amines) is 1. The third-order valence-corrected chi connectivity index (χ3v) is 3.05. The maximum Gasteiger partial charge on any atom is 0.241 e. The molecule has 1 saturated heterocycles. The van der Waals surface area contributed by atoms with Gasteiger partial charge in [0.05, 0.1) is 6.54 Å². The SMILES string of the molecule is CNc1cc(NCC(=O)N2CCCCC2)ncn1. The minimum Gasteiger partial charge on any atom is -0.373 e. The van der Waals surface area contributed by atoms with Crippen LogP contribution in [0.25, 0.3) is 0 Å². The second-order valence-electron chi connectivity index (χ2n) is 4.33. The predicted octanol–water partition coefficient (Wildman–Crippen LogP) is 0.943. The highest BCUT2D eigenvalue weighted by Gasteiger charge is 2.15. The fourth-order valence-corrected chi connectivity index (χ4v) is 2.01. The molecule has 0 aromatic carbocycles. The van der Waals surface area contributed by atoms with Crippen LogP contribution in [0, 0.1) is 0 Å². The molecule has 98 valence electrons. The molecule has 0 unspecified atom stereocenters. The molecule has 0 radical (unpaired) electrons. The third-order valence-electron chi connectivity index (χ3n) is 3.05. The maximum atomic E-state index is 11.9. The van der Waals surface area contributed by atoms with Gasteiger partial charge in [0.1, 0.15) is 18.0 Å². The number of aromatic nitrogens is 2. The van der Waals surface area contributed by atoms with Crippen LogP contribution in [0.4, 0.5) is 11.6 Å². The summed E-state index contributed by atoms with van der Waals surface area (Å²) in [4.78, 5) is 21.9. The average molecular weight is 249 g/mol. The summed E-state index contributed by atoms with van der Waals surface area (Å²) in [6.45, 7) is 2.05. The van der Waals surface area contributed by atoms with Crippen LogP contribution in [-0.4, -0.2) is 47.5 Å². The van der Waals surface area contributed by atoms with Gasteiger partial charge in [0.2, 0.25) is 5.91 Å². The lowest BCUT2D eigenvalue weighted by atomic mass is 10.1. The summed E-state index contributed by atoms with van der Waals surface area (Å²) in [6, 6.07) is 1.78. The molecular formula is C12H19N5O. The van der Waals surface area contributed by atoms with Crippen LogP contribution in [0.2, 0.25) is 0 Å². The van der Waals surface area contributed by atoms with E-state index in [0.29, 0.717) is 12.4 Å². The maximum absolute atomic E-state index is 11.9. The summed E-state index contributed by atoms with van der Waals surface area (Å²) in [6.07, 6.45) is 4.93. The van der Waals surface area contributed by atoms with Crippen LogP contribution < -0.4 is 10.6 Å². The van der Waals surface area contributed by atoms with Gasteiger partial charge in [-0.3, -0.25) is 4.79 Å². The Bertz CT molecular complexity index is 403. The van der Waals surface area contributed by atoms with E-state index in [1.54, 1.807) is 13.1 Å². The Kier molecular flexibility index (Phi) is 4.33. The van der Waals surface area contributed by atoms with Gasteiger partial charge in [-0.1, -0.05) is 0 Å². The first-order valence-corrected chi connectivity index (χ1v) is 6.31. The molecule has 0 atom stereocenters. The minimum absolute atomic E-state index is 0.138.